The van der Waals surface area contributed by atoms with Gasteiger partial charge in [-0.3, -0.25) is 0 Å². The molecule has 1 aliphatic rings. The molecule has 5 aromatic rings. The maximum atomic E-state index is 12.2. The number of benzene rings is 4. The first kappa shape index (κ1) is 17.2. The average Bonchev–Trinajstić information content (AvgIpc) is 3.20. The molecule has 0 saturated heterocycles. The van der Waals surface area contributed by atoms with Crippen molar-refractivity contribution in [2.45, 2.75) is 25.4 Å². The third-order valence-electron chi connectivity index (χ3n) is 6.57. The summed E-state index contributed by atoms with van der Waals surface area (Å²) < 4.78 is 1.27. The summed E-state index contributed by atoms with van der Waals surface area (Å²) >= 11 is 1.75. The summed E-state index contributed by atoms with van der Waals surface area (Å²) in [6.07, 6.45) is 1.77. The summed E-state index contributed by atoms with van der Waals surface area (Å²) in [5.41, 5.74) is 2.43. The van der Waals surface area contributed by atoms with E-state index in [9.17, 15) is 5.11 Å². The molecule has 1 nitrogen and oxygen atoms in total. The van der Waals surface area contributed by atoms with Crippen molar-refractivity contribution in [3.8, 4) is 0 Å². The highest BCUT2D eigenvalue weighted by molar-refractivity contribution is 7.17. The molecule has 2 atom stereocenters. The van der Waals surface area contributed by atoms with Gasteiger partial charge in [-0.15, -0.1) is 11.3 Å². The van der Waals surface area contributed by atoms with Crippen LogP contribution in [0, 0.1) is 5.92 Å². The molecule has 0 aliphatic heterocycles. The summed E-state index contributed by atoms with van der Waals surface area (Å²) in [4.78, 5) is 0. The lowest BCUT2D eigenvalue weighted by atomic mass is 9.69. The highest BCUT2D eigenvalue weighted by Crippen LogP contribution is 2.47. The van der Waals surface area contributed by atoms with E-state index < -0.39 is 5.60 Å². The predicted molar refractivity (Wildman–Crippen MR) is 124 cm³/mol. The first-order valence-corrected chi connectivity index (χ1v) is 11.2. The third-order valence-corrected chi connectivity index (χ3v) is 7.47. The molecule has 0 saturated carbocycles. The van der Waals surface area contributed by atoms with E-state index in [0.29, 0.717) is 5.92 Å². The fourth-order valence-corrected chi connectivity index (χ4v) is 6.10. The molecule has 0 bridgehead atoms. The van der Waals surface area contributed by atoms with Crippen LogP contribution >= 0.6 is 11.3 Å². The molecule has 6 rings (SSSR count). The van der Waals surface area contributed by atoms with Gasteiger partial charge in [-0.2, -0.15) is 0 Å². The monoisotopic (exact) mass is 394 g/mol. The van der Waals surface area contributed by atoms with Crippen LogP contribution in [0.2, 0.25) is 0 Å². The third kappa shape index (κ3) is 2.49. The van der Waals surface area contributed by atoms with E-state index in [2.05, 4.69) is 85.1 Å². The molecule has 0 spiro atoms. The van der Waals surface area contributed by atoms with Crippen molar-refractivity contribution in [1.82, 2.24) is 0 Å². The lowest BCUT2D eigenvalue weighted by Crippen LogP contribution is -2.35. The van der Waals surface area contributed by atoms with Crippen LogP contribution in [-0.4, -0.2) is 5.11 Å². The number of hydrogen-bond acceptors (Lipinski definition) is 2. The van der Waals surface area contributed by atoms with Crippen LogP contribution in [0.15, 0.2) is 78.2 Å². The second-order valence-electron chi connectivity index (χ2n) is 8.53. The van der Waals surface area contributed by atoms with Gasteiger partial charge in [0.1, 0.15) is 5.60 Å². The Labute approximate surface area is 174 Å². The van der Waals surface area contributed by atoms with E-state index in [0.717, 1.165) is 24.0 Å². The van der Waals surface area contributed by atoms with Gasteiger partial charge in [0.25, 0.3) is 0 Å². The molecule has 0 radical (unpaired) electrons. The van der Waals surface area contributed by atoms with E-state index in [1.54, 1.807) is 11.3 Å². The number of thiophene rings is 1. The number of aliphatic hydroxyl groups is 1. The minimum absolute atomic E-state index is 0.434. The molecule has 1 aromatic heterocycles. The summed E-state index contributed by atoms with van der Waals surface area (Å²) in [6.45, 7) is 2.25. The molecular formula is C27H22OS. The van der Waals surface area contributed by atoms with Gasteiger partial charge in [0, 0.05) is 4.70 Å². The van der Waals surface area contributed by atoms with Gasteiger partial charge < -0.3 is 5.11 Å². The summed E-state index contributed by atoms with van der Waals surface area (Å²) in [6, 6.07) is 26.0. The van der Waals surface area contributed by atoms with Crippen LogP contribution in [0.4, 0.5) is 0 Å². The minimum atomic E-state index is -0.967. The molecule has 0 amide bonds. The lowest BCUT2D eigenvalue weighted by Gasteiger charge is -2.39. The van der Waals surface area contributed by atoms with Crippen LogP contribution in [0.3, 0.4) is 0 Å². The second kappa shape index (κ2) is 6.16. The van der Waals surface area contributed by atoms with Crippen molar-refractivity contribution in [3.05, 3.63) is 94.9 Å². The number of hydrogen-bond donors (Lipinski definition) is 1. The van der Waals surface area contributed by atoms with E-state index in [1.807, 2.05) is 0 Å². The first-order chi connectivity index (χ1) is 14.1. The zero-order valence-corrected chi connectivity index (χ0v) is 17.2. The van der Waals surface area contributed by atoms with Crippen LogP contribution in [0.1, 0.15) is 30.0 Å². The molecule has 4 aromatic carbocycles. The quantitative estimate of drug-likeness (QED) is 0.303. The van der Waals surface area contributed by atoms with Gasteiger partial charge >= 0.3 is 0 Å². The van der Waals surface area contributed by atoms with Crippen molar-refractivity contribution >= 4 is 43.0 Å². The van der Waals surface area contributed by atoms with Gasteiger partial charge in [0.05, 0.1) is 0 Å². The van der Waals surface area contributed by atoms with Gasteiger partial charge in [-0.25, -0.2) is 0 Å². The van der Waals surface area contributed by atoms with Crippen molar-refractivity contribution in [3.63, 3.8) is 0 Å². The average molecular weight is 395 g/mol. The smallest absolute Gasteiger partial charge is 0.116 e. The maximum Gasteiger partial charge on any atom is 0.116 e. The Hall–Kier alpha value is -2.68. The number of rotatable bonds is 1. The van der Waals surface area contributed by atoms with Crippen molar-refractivity contribution in [1.29, 1.82) is 0 Å². The van der Waals surface area contributed by atoms with Gasteiger partial charge in [0.2, 0.25) is 0 Å². The molecule has 0 fully saturated rings. The Morgan fingerprint density at radius 2 is 1.72 bits per heavy atom. The SMILES string of the molecule is CC1Cc2ccc3c(ccc4ccccc43)c2C(O)(c2ccc3sccc3c2)C1. The maximum absolute atomic E-state index is 12.2. The Balaban J connectivity index is 1.69. The van der Waals surface area contributed by atoms with Crippen LogP contribution in [0.25, 0.3) is 31.6 Å². The van der Waals surface area contributed by atoms with E-state index >= 15 is 0 Å². The summed E-state index contributed by atoms with van der Waals surface area (Å²) in [5.74, 6) is 0.434. The molecule has 1 aliphatic carbocycles. The highest BCUT2D eigenvalue weighted by atomic mass is 32.1. The fourth-order valence-electron chi connectivity index (χ4n) is 5.33. The minimum Gasteiger partial charge on any atom is -0.380 e. The Morgan fingerprint density at radius 3 is 2.66 bits per heavy atom. The van der Waals surface area contributed by atoms with E-state index in [-0.39, 0.29) is 0 Å². The predicted octanol–water partition coefficient (Wildman–Crippen LogP) is 7.03. The van der Waals surface area contributed by atoms with Gasteiger partial charge in [-0.05, 0) is 86.0 Å². The molecule has 2 heteroatoms. The van der Waals surface area contributed by atoms with E-state index in [1.165, 1.54) is 37.2 Å². The zero-order chi connectivity index (χ0) is 19.6. The second-order valence-corrected chi connectivity index (χ2v) is 9.48. The Kier molecular flexibility index (Phi) is 3.65. The number of fused-ring (bicyclic) bond motifs is 6. The fraction of sp³-hybridized carbons (Fsp3) is 0.185. The highest BCUT2D eigenvalue weighted by Gasteiger charge is 2.40. The largest absolute Gasteiger partial charge is 0.380 e. The standard InChI is InChI=1S/C27H22OS/c1-17-14-20-7-9-23-22-5-3-2-4-18(22)6-10-24(23)26(20)27(28,16-17)21-8-11-25-19(15-21)12-13-29-25/h2-13,15,17,28H,14,16H2,1H3. The normalized spacial score (nSPS) is 21.7. The summed E-state index contributed by atoms with van der Waals surface area (Å²) in [7, 11) is 0. The van der Waals surface area contributed by atoms with Crippen LogP contribution < -0.4 is 0 Å². The van der Waals surface area contributed by atoms with Gasteiger partial charge in [-0.1, -0.05) is 61.5 Å². The molecule has 29 heavy (non-hydrogen) atoms. The molecule has 1 heterocycles. The molecule has 142 valence electrons. The van der Waals surface area contributed by atoms with Gasteiger partial charge in [0.15, 0.2) is 0 Å². The topological polar surface area (TPSA) is 20.2 Å². The zero-order valence-electron chi connectivity index (χ0n) is 16.4. The molecular weight excluding hydrogens is 372 g/mol. The first-order valence-electron chi connectivity index (χ1n) is 10.3. The molecule has 1 N–H and O–H groups in total. The Morgan fingerprint density at radius 1 is 0.862 bits per heavy atom. The van der Waals surface area contributed by atoms with Crippen molar-refractivity contribution < 1.29 is 5.11 Å². The van der Waals surface area contributed by atoms with Crippen LogP contribution in [-0.2, 0) is 12.0 Å². The van der Waals surface area contributed by atoms with Crippen molar-refractivity contribution in [2.75, 3.05) is 0 Å². The summed E-state index contributed by atoms with van der Waals surface area (Å²) in [5, 5.41) is 20.5. The van der Waals surface area contributed by atoms with Crippen LogP contribution in [0.5, 0.6) is 0 Å². The lowest BCUT2D eigenvalue weighted by molar-refractivity contribution is 0.0472. The van der Waals surface area contributed by atoms with E-state index in [4.69, 9.17) is 0 Å². The Bertz CT molecular complexity index is 1400. The molecule has 2 unspecified atom stereocenters. The van der Waals surface area contributed by atoms with Crippen molar-refractivity contribution in [2.24, 2.45) is 5.92 Å².